The summed E-state index contributed by atoms with van der Waals surface area (Å²) in [6.07, 6.45) is 8.05. The summed E-state index contributed by atoms with van der Waals surface area (Å²) >= 11 is 0. The third kappa shape index (κ3) is 3.94. The molecule has 0 radical (unpaired) electrons. The summed E-state index contributed by atoms with van der Waals surface area (Å²) < 4.78 is 11.2. The third-order valence-corrected chi connectivity index (χ3v) is 5.44. The highest BCUT2D eigenvalue weighted by Gasteiger charge is 2.17. The average Bonchev–Trinajstić information content (AvgIpc) is 3.31. The number of hydrogen-bond donors (Lipinski definition) is 2. The first-order valence-corrected chi connectivity index (χ1v) is 9.92. The fourth-order valence-corrected chi connectivity index (χ4v) is 4.02. The van der Waals surface area contributed by atoms with Crippen molar-refractivity contribution in [1.29, 1.82) is 0 Å². The molecule has 1 aliphatic carbocycles. The Hall–Kier alpha value is -1.85. The fraction of sp³-hybridized carbons (Fsp3) is 0.571. The molecule has 0 spiro atoms. The Bertz CT molecular complexity index is 762. The fourth-order valence-electron chi connectivity index (χ4n) is 4.02. The molecule has 1 amide bonds. The van der Waals surface area contributed by atoms with Crippen molar-refractivity contribution >= 4 is 16.8 Å². The average molecular weight is 356 g/mol. The van der Waals surface area contributed by atoms with Crippen LogP contribution in [0.4, 0.5) is 0 Å². The molecule has 0 bridgehead atoms. The van der Waals surface area contributed by atoms with Gasteiger partial charge in [0.1, 0.15) is 0 Å². The van der Waals surface area contributed by atoms with Gasteiger partial charge in [-0.1, -0.05) is 0 Å². The zero-order chi connectivity index (χ0) is 17.8. The van der Waals surface area contributed by atoms with E-state index in [4.69, 9.17) is 9.47 Å². The van der Waals surface area contributed by atoms with Gasteiger partial charge >= 0.3 is 0 Å². The summed E-state index contributed by atoms with van der Waals surface area (Å²) in [7, 11) is 0. The number of fused-ring (bicyclic) bond motifs is 3. The Morgan fingerprint density at radius 1 is 1.27 bits per heavy atom. The Labute approximate surface area is 154 Å². The minimum Gasteiger partial charge on any atom is -0.379 e. The second-order valence-corrected chi connectivity index (χ2v) is 7.37. The van der Waals surface area contributed by atoms with E-state index in [1.165, 1.54) is 29.5 Å². The molecule has 1 unspecified atom stereocenters. The number of hydrogen-bond acceptors (Lipinski definition) is 3. The standard InChI is InChI=1S/C21H28N2O3/c24-21(22-10-4-11-25-14-16-5-3-12-26-16)15-8-9-20-18(13-15)17-6-1-2-7-19(17)23-20/h8-9,13,16,23H,1-7,10-12,14H2,(H,22,24). The molecule has 5 nitrogen and oxygen atoms in total. The number of carbonyl (C=O) groups excluding carboxylic acids is 1. The molecule has 2 aromatic rings. The van der Waals surface area contributed by atoms with E-state index in [1.807, 2.05) is 18.2 Å². The van der Waals surface area contributed by atoms with Crippen LogP contribution in [0.2, 0.25) is 0 Å². The van der Waals surface area contributed by atoms with Gasteiger partial charge in [0.05, 0.1) is 12.7 Å². The molecule has 5 heteroatoms. The van der Waals surface area contributed by atoms with Gasteiger partial charge in [-0.15, -0.1) is 0 Å². The Balaban J connectivity index is 1.26. The highest BCUT2D eigenvalue weighted by atomic mass is 16.5. The van der Waals surface area contributed by atoms with Crippen molar-refractivity contribution in [3.8, 4) is 0 Å². The number of benzene rings is 1. The van der Waals surface area contributed by atoms with Gasteiger partial charge in [0, 0.05) is 41.9 Å². The molecule has 1 aromatic heterocycles. The number of H-pyrrole nitrogens is 1. The lowest BCUT2D eigenvalue weighted by molar-refractivity contribution is 0.0166. The SMILES string of the molecule is O=C(NCCCOCC1CCCO1)c1ccc2[nH]c3c(c2c1)CCCC3. The van der Waals surface area contributed by atoms with Crippen molar-refractivity contribution in [3.63, 3.8) is 0 Å². The molecular formula is C21H28N2O3. The minimum atomic E-state index is -0.00298. The number of rotatable bonds is 7. The third-order valence-electron chi connectivity index (χ3n) is 5.44. The monoisotopic (exact) mass is 356 g/mol. The van der Waals surface area contributed by atoms with Gasteiger partial charge in [0.2, 0.25) is 0 Å². The molecule has 4 rings (SSSR count). The zero-order valence-electron chi connectivity index (χ0n) is 15.3. The summed E-state index contributed by atoms with van der Waals surface area (Å²) in [4.78, 5) is 16.0. The van der Waals surface area contributed by atoms with E-state index in [0.29, 0.717) is 19.8 Å². The van der Waals surface area contributed by atoms with Gasteiger partial charge in [-0.3, -0.25) is 4.79 Å². The van der Waals surface area contributed by atoms with E-state index in [1.54, 1.807) is 0 Å². The molecule has 1 aromatic carbocycles. The number of amides is 1. The molecule has 1 saturated heterocycles. The molecule has 2 N–H and O–H groups in total. The number of aromatic amines is 1. The van der Waals surface area contributed by atoms with Crippen molar-refractivity contribution in [2.75, 3.05) is 26.4 Å². The molecule has 140 valence electrons. The Morgan fingerprint density at radius 2 is 2.19 bits per heavy atom. The predicted octanol–water partition coefficient (Wildman–Crippen LogP) is 3.36. The maximum absolute atomic E-state index is 12.4. The lowest BCUT2D eigenvalue weighted by atomic mass is 9.95. The second-order valence-electron chi connectivity index (χ2n) is 7.37. The molecule has 2 heterocycles. The normalized spacial score (nSPS) is 19.6. The van der Waals surface area contributed by atoms with E-state index in [0.717, 1.165) is 49.8 Å². The van der Waals surface area contributed by atoms with Gasteiger partial charge in [0.15, 0.2) is 0 Å². The van der Waals surface area contributed by atoms with Gasteiger partial charge in [-0.2, -0.15) is 0 Å². The molecule has 26 heavy (non-hydrogen) atoms. The minimum absolute atomic E-state index is 0.00298. The first kappa shape index (κ1) is 17.6. The summed E-state index contributed by atoms with van der Waals surface area (Å²) in [5.41, 5.74) is 4.65. The van der Waals surface area contributed by atoms with Crippen LogP contribution >= 0.6 is 0 Å². The number of aryl methyl sites for hydroxylation is 2. The van der Waals surface area contributed by atoms with Gasteiger partial charge in [-0.25, -0.2) is 0 Å². The molecule has 2 aliphatic rings. The number of nitrogens with one attached hydrogen (secondary N) is 2. The molecule has 1 aliphatic heterocycles. The maximum atomic E-state index is 12.4. The van der Waals surface area contributed by atoms with Crippen molar-refractivity contribution in [2.45, 2.75) is 51.0 Å². The Morgan fingerprint density at radius 3 is 3.08 bits per heavy atom. The highest BCUT2D eigenvalue weighted by molar-refractivity contribution is 5.99. The number of carbonyl (C=O) groups is 1. The maximum Gasteiger partial charge on any atom is 0.251 e. The predicted molar refractivity (Wildman–Crippen MR) is 102 cm³/mol. The molecule has 1 fully saturated rings. The lowest BCUT2D eigenvalue weighted by Gasteiger charge is -2.11. The summed E-state index contributed by atoms with van der Waals surface area (Å²) in [5, 5.41) is 4.22. The van der Waals surface area contributed by atoms with E-state index in [-0.39, 0.29) is 12.0 Å². The first-order valence-electron chi connectivity index (χ1n) is 9.92. The largest absolute Gasteiger partial charge is 0.379 e. The van der Waals surface area contributed by atoms with Crippen LogP contribution in [0.15, 0.2) is 18.2 Å². The van der Waals surface area contributed by atoms with Crippen molar-refractivity contribution in [1.82, 2.24) is 10.3 Å². The summed E-state index contributed by atoms with van der Waals surface area (Å²) in [5.74, 6) is -0.00298. The van der Waals surface area contributed by atoms with Gasteiger partial charge in [0.25, 0.3) is 5.91 Å². The summed E-state index contributed by atoms with van der Waals surface area (Å²) in [6, 6.07) is 5.99. The van der Waals surface area contributed by atoms with Crippen LogP contribution in [0.25, 0.3) is 10.9 Å². The number of ether oxygens (including phenoxy) is 2. The van der Waals surface area contributed by atoms with Crippen molar-refractivity contribution in [3.05, 3.63) is 35.0 Å². The van der Waals surface area contributed by atoms with Crippen LogP contribution < -0.4 is 5.32 Å². The van der Waals surface area contributed by atoms with E-state index < -0.39 is 0 Å². The van der Waals surface area contributed by atoms with Gasteiger partial charge < -0.3 is 19.8 Å². The molecule has 0 saturated carbocycles. The Kier molecular flexibility index (Phi) is 5.56. The quantitative estimate of drug-likeness (QED) is 0.748. The van der Waals surface area contributed by atoms with E-state index >= 15 is 0 Å². The molecular weight excluding hydrogens is 328 g/mol. The van der Waals surface area contributed by atoms with Crippen LogP contribution in [-0.2, 0) is 22.3 Å². The van der Waals surface area contributed by atoms with Crippen LogP contribution in [0.5, 0.6) is 0 Å². The van der Waals surface area contributed by atoms with Crippen LogP contribution in [0.1, 0.15) is 53.7 Å². The van der Waals surface area contributed by atoms with E-state index in [9.17, 15) is 4.79 Å². The van der Waals surface area contributed by atoms with Crippen LogP contribution in [0.3, 0.4) is 0 Å². The second kappa shape index (κ2) is 8.23. The lowest BCUT2D eigenvalue weighted by Crippen LogP contribution is -2.25. The van der Waals surface area contributed by atoms with Crippen molar-refractivity contribution in [2.24, 2.45) is 0 Å². The summed E-state index contributed by atoms with van der Waals surface area (Å²) in [6.45, 7) is 2.82. The molecule has 1 atom stereocenters. The van der Waals surface area contributed by atoms with Gasteiger partial charge in [-0.05, 0) is 68.7 Å². The first-order chi connectivity index (χ1) is 12.8. The van der Waals surface area contributed by atoms with Crippen LogP contribution in [-0.4, -0.2) is 43.4 Å². The zero-order valence-corrected chi connectivity index (χ0v) is 15.3. The smallest absolute Gasteiger partial charge is 0.251 e. The topological polar surface area (TPSA) is 63.4 Å². The number of aromatic nitrogens is 1. The van der Waals surface area contributed by atoms with Crippen LogP contribution in [0, 0.1) is 0 Å². The van der Waals surface area contributed by atoms with Crippen molar-refractivity contribution < 1.29 is 14.3 Å². The van der Waals surface area contributed by atoms with E-state index in [2.05, 4.69) is 10.3 Å². The highest BCUT2D eigenvalue weighted by Crippen LogP contribution is 2.29.